The largest absolute Gasteiger partial charge is 0.369 e. The summed E-state index contributed by atoms with van der Waals surface area (Å²) in [7, 11) is 0. The maximum absolute atomic E-state index is 9.56. The van der Waals surface area contributed by atoms with Crippen molar-refractivity contribution < 1.29 is 0 Å². The van der Waals surface area contributed by atoms with Crippen molar-refractivity contribution in [2.45, 2.75) is 153 Å². The molecule has 182 valence electrons. The summed E-state index contributed by atoms with van der Waals surface area (Å²) >= 11 is 0. The van der Waals surface area contributed by atoms with Crippen LogP contribution in [0, 0.1) is 10.8 Å². The van der Waals surface area contributed by atoms with Crippen LogP contribution in [0.4, 0.5) is 0 Å². The van der Waals surface area contributed by atoms with Gasteiger partial charge >= 0.3 is 0 Å². The van der Waals surface area contributed by atoms with Crippen LogP contribution in [0.15, 0.2) is 0 Å². The predicted molar refractivity (Wildman–Crippen MR) is 133 cm³/mol. The number of hydrogen-bond acceptors (Lipinski definition) is 3. The van der Waals surface area contributed by atoms with Crippen LogP contribution < -0.4 is 5.73 Å². The fourth-order valence-corrected chi connectivity index (χ4v) is 7.14. The third-order valence-electron chi connectivity index (χ3n) is 8.74. The minimum atomic E-state index is 0.0581. The molecular weight excluding hydrogens is 396 g/mol. The second-order valence-electron chi connectivity index (χ2n) is 11.0. The van der Waals surface area contributed by atoms with Crippen molar-refractivity contribution in [3.63, 3.8) is 0 Å². The van der Waals surface area contributed by atoms with Gasteiger partial charge in [-0.15, -0.1) is 0 Å². The molecule has 4 aliphatic rings. The number of hydrazine groups is 1. The lowest BCUT2D eigenvalue weighted by molar-refractivity contribution is -0.0375. The zero-order chi connectivity index (χ0) is 22.3. The summed E-state index contributed by atoms with van der Waals surface area (Å²) in [4.78, 5) is 2.46. The summed E-state index contributed by atoms with van der Waals surface area (Å²) in [6.07, 6.45) is 25.0. The van der Waals surface area contributed by atoms with E-state index in [0.29, 0.717) is 30.1 Å². The van der Waals surface area contributed by atoms with Gasteiger partial charge < -0.3 is 10.6 Å². The molecule has 4 fully saturated rings. The molecule has 4 aliphatic carbocycles. The van der Waals surface area contributed by atoms with Crippen LogP contribution in [0.25, 0.3) is 0 Å². The smallest absolute Gasteiger partial charge is 0.216 e. The molecule has 0 unspecified atom stereocenters. The van der Waals surface area contributed by atoms with Crippen LogP contribution in [0.2, 0.25) is 0 Å². The van der Waals surface area contributed by atoms with Gasteiger partial charge in [0, 0.05) is 24.2 Å². The van der Waals surface area contributed by atoms with Gasteiger partial charge in [0.1, 0.15) is 0 Å². The number of nitrogens with two attached hydrogens (primary N) is 1. The lowest BCUT2D eigenvalue weighted by atomic mass is 9.88. The van der Waals surface area contributed by atoms with Crippen LogP contribution >= 0.6 is 0 Å². The lowest BCUT2D eigenvalue weighted by Gasteiger charge is -2.51. The summed E-state index contributed by atoms with van der Waals surface area (Å²) in [6.45, 7) is 0. The lowest BCUT2D eigenvalue weighted by Crippen LogP contribution is -2.66. The van der Waals surface area contributed by atoms with Gasteiger partial charge in [-0.2, -0.15) is 0 Å². The quantitative estimate of drug-likeness (QED) is 0.277. The van der Waals surface area contributed by atoms with Crippen molar-refractivity contribution in [3.05, 3.63) is 0 Å². The number of nitrogens with one attached hydrogen (secondary N) is 2. The summed E-state index contributed by atoms with van der Waals surface area (Å²) < 4.78 is 0. The Labute approximate surface area is 196 Å². The first-order valence-electron chi connectivity index (χ1n) is 14.0. The molecule has 0 aromatic rings. The molecule has 0 saturated heterocycles. The second kappa shape index (κ2) is 11.7. The molecule has 4 saturated carbocycles. The van der Waals surface area contributed by atoms with Crippen molar-refractivity contribution in [2.24, 2.45) is 5.73 Å². The highest BCUT2D eigenvalue weighted by atomic mass is 15.7. The summed E-state index contributed by atoms with van der Waals surface area (Å²) in [5, 5.41) is 22.6. The van der Waals surface area contributed by atoms with E-state index in [2.05, 4.69) is 9.91 Å². The van der Waals surface area contributed by atoms with E-state index in [0.717, 1.165) is 0 Å². The minimum Gasteiger partial charge on any atom is -0.369 e. The Balaban J connectivity index is 1.63. The van der Waals surface area contributed by atoms with Crippen molar-refractivity contribution in [3.8, 4) is 0 Å². The maximum Gasteiger partial charge on any atom is 0.216 e. The first kappa shape index (κ1) is 23.8. The van der Waals surface area contributed by atoms with E-state index in [1.807, 2.05) is 5.01 Å². The van der Waals surface area contributed by atoms with Crippen molar-refractivity contribution in [2.75, 3.05) is 0 Å². The standard InChI is InChI=1S/C26H48N6/c27-25(28)32(31(23-17-9-3-10-18-23)24-19-11-4-12-20-24)26(29)30(21-13-5-1-6-14-21)22-15-7-2-8-16-22/h21-24,29H,1-20H2,(H3,27,28). The van der Waals surface area contributed by atoms with Gasteiger partial charge in [0.2, 0.25) is 11.9 Å². The molecule has 0 spiro atoms. The van der Waals surface area contributed by atoms with Gasteiger partial charge in [-0.1, -0.05) is 77.0 Å². The first-order valence-corrected chi connectivity index (χ1v) is 14.0. The Morgan fingerprint density at radius 2 is 0.812 bits per heavy atom. The fraction of sp³-hybridized carbons (Fsp3) is 0.923. The Kier molecular flexibility index (Phi) is 8.73. The zero-order valence-corrected chi connectivity index (χ0v) is 20.4. The molecular formula is C26H48N6. The molecule has 6 heteroatoms. The van der Waals surface area contributed by atoms with E-state index in [-0.39, 0.29) is 5.96 Å². The Bertz CT molecular complexity index is 561. The van der Waals surface area contributed by atoms with Crippen LogP contribution in [-0.2, 0) is 0 Å². The molecule has 6 nitrogen and oxygen atoms in total. The van der Waals surface area contributed by atoms with Gasteiger partial charge in [0.25, 0.3) is 0 Å². The molecule has 0 atom stereocenters. The average Bonchev–Trinajstić information content (AvgIpc) is 2.84. The topological polar surface area (TPSA) is 83.4 Å². The Hall–Kier alpha value is -1.30. The van der Waals surface area contributed by atoms with E-state index in [1.54, 1.807) is 0 Å². The van der Waals surface area contributed by atoms with E-state index in [1.165, 1.54) is 128 Å². The summed E-state index contributed by atoms with van der Waals surface area (Å²) in [5.41, 5.74) is 6.35. The van der Waals surface area contributed by atoms with Gasteiger partial charge in [-0.3, -0.25) is 10.8 Å². The molecule has 0 amide bonds. The van der Waals surface area contributed by atoms with Crippen molar-refractivity contribution >= 4 is 11.9 Å². The van der Waals surface area contributed by atoms with E-state index >= 15 is 0 Å². The normalized spacial score (nSPS) is 25.0. The number of hydrogen-bond donors (Lipinski definition) is 3. The summed E-state index contributed by atoms with van der Waals surface area (Å²) in [6, 6.07) is 1.74. The fourth-order valence-electron chi connectivity index (χ4n) is 7.14. The minimum absolute atomic E-state index is 0.0581. The van der Waals surface area contributed by atoms with Crippen molar-refractivity contribution in [1.29, 1.82) is 10.8 Å². The predicted octanol–water partition coefficient (Wildman–Crippen LogP) is 5.97. The highest BCUT2D eigenvalue weighted by molar-refractivity contribution is 5.94. The van der Waals surface area contributed by atoms with Crippen molar-refractivity contribution in [1.82, 2.24) is 14.9 Å². The van der Waals surface area contributed by atoms with Gasteiger partial charge in [-0.25, -0.2) is 10.0 Å². The number of nitrogens with zero attached hydrogens (tertiary/aromatic N) is 3. The third-order valence-corrected chi connectivity index (χ3v) is 8.74. The average molecular weight is 445 g/mol. The SMILES string of the molecule is N=C(N)N(C(=N)N(C1CCCCC1)C1CCCCC1)N(C1CCCCC1)C1CCCCC1. The first-order chi connectivity index (χ1) is 15.7. The summed E-state index contributed by atoms with van der Waals surface area (Å²) in [5.74, 6) is 0.579. The molecule has 0 radical (unpaired) electrons. The van der Waals surface area contributed by atoms with Crippen LogP contribution in [0.5, 0.6) is 0 Å². The number of guanidine groups is 2. The van der Waals surface area contributed by atoms with Crippen LogP contribution in [0.3, 0.4) is 0 Å². The van der Waals surface area contributed by atoms with Crippen LogP contribution in [-0.4, -0.2) is 51.0 Å². The highest BCUT2D eigenvalue weighted by Crippen LogP contribution is 2.35. The monoisotopic (exact) mass is 444 g/mol. The molecule has 0 bridgehead atoms. The highest BCUT2D eigenvalue weighted by Gasteiger charge is 2.40. The maximum atomic E-state index is 9.56. The molecule has 0 heterocycles. The molecule has 32 heavy (non-hydrogen) atoms. The Morgan fingerprint density at radius 3 is 1.12 bits per heavy atom. The van der Waals surface area contributed by atoms with Gasteiger partial charge in [0.05, 0.1) is 0 Å². The number of rotatable bonds is 5. The zero-order valence-electron chi connectivity index (χ0n) is 20.4. The third kappa shape index (κ3) is 5.60. The van der Waals surface area contributed by atoms with E-state index < -0.39 is 0 Å². The second-order valence-corrected chi connectivity index (χ2v) is 11.0. The van der Waals surface area contributed by atoms with Gasteiger partial charge in [-0.05, 0) is 51.4 Å². The Morgan fingerprint density at radius 1 is 0.500 bits per heavy atom. The molecule has 4 N–H and O–H groups in total. The molecule has 0 aromatic carbocycles. The van der Waals surface area contributed by atoms with Crippen LogP contribution in [0.1, 0.15) is 128 Å². The molecule has 0 aromatic heterocycles. The van der Waals surface area contributed by atoms with Gasteiger partial charge in [0.15, 0.2) is 0 Å². The molecule has 4 rings (SSSR count). The van der Waals surface area contributed by atoms with E-state index in [9.17, 15) is 5.41 Å². The molecule has 0 aliphatic heterocycles. The van der Waals surface area contributed by atoms with E-state index in [4.69, 9.17) is 11.1 Å².